The highest BCUT2D eigenvalue weighted by molar-refractivity contribution is 6.01. The number of carbonyl (C=O) groups is 3. The molecule has 1 aromatic rings. The molecule has 3 nitrogen and oxygen atoms in total. The van der Waals surface area contributed by atoms with Crippen molar-refractivity contribution < 1.29 is 14.4 Å². The molecule has 0 bridgehead atoms. The lowest BCUT2D eigenvalue weighted by molar-refractivity contribution is -0.129. The van der Waals surface area contributed by atoms with Crippen LogP contribution >= 0.6 is 0 Å². The minimum absolute atomic E-state index is 0.0348. The van der Waals surface area contributed by atoms with Gasteiger partial charge in [-0.1, -0.05) is 92.9 Å². The van der Waals surface area contributed by atoms with E-state index in [1.165, 1.54) is 35.6 Å². The van der Waals surface area contributed by atoms with E-state index in [4.69, 9.17) is 0 Å². The summed E-state index contributed by atoms with van der Waals surface area (Å²) < 4.78 is 0. The van der Waals surface area contributed by atoms with Crippen LogP contribution in [0.3, 0.4) is 0 Å². The Morgan fingerprint density at radius 1 is 1.02 bits per heavy atom. The molecule has 0 heterocycles. The van der Waals surface area contributed by atoms with Gasteiger partial charge in [0.1, 0.15) is 11.6 Å². The summed E-state index contributed by atoms with van der Waals surface area (Å²) in [5.74, 6) is 1.68. The minimum Gasteiger partial charge on any atom is -0.300 e. The molecule has 1 aliphatic rings. The average Bonchev–Trinajstić information content (AvgIpc) is 2.84. The second kappa shape index (κ2) is 17.7. The van der Waals surface area contributed by atoms with Crippen molar-refractivity contribution in [2.45, 2.75) is 146 Å². The van der Waals surface area contributed by atoms with Crippen molar-refractivity contribution in [3.8, 4) is 0 Å². The molecule has 2 rings (SSSR count). The number of hydrogen-bond acceptors (Lipinski definition) is 3. The number of fused-ring (bicyclic) bond motifs is 1. The predicted molar refractivity (Wildman–Crippen MR) is 171 cm³/mol. The van der Waals surface area contributed by atoms with Crippen molar-refractivity contribution >= 4 is 17.3 Å². The lowest BCUT2D eigenvalue weighted by Gasteiger charge is -2.33. The van der Waals surface area contributed by atoms with Gasteiger partial charge in [-0.05, 0) is 98.3 Å². The molecular weight excluding hydrogens is 492 g/mol. The van der Waals surface area contributed by atoms with Crippen molar-refractivity contribution in [2.24, 2.45) is 23.7 Å². The molecular formula is C37H60O3. The number of ketones is 3. The molecule has 0 aromatic heterocycles. The van der Waals surface area contributed by atoms with E-state index >= 15 is 0 Å². The van der Waals surface area contributed by atoms with E-state index in [1.807, 2.05) is 0 Å². The third-order valence-electron chi connectivity index (χ3n) is 8.36. The maximum atomic E-state index is 13.7. The highest BCUT2D eigenvalue weighted by Gasteiger charge is 2.34. The Kier molecular flexibility index (Phi) is 15.9. The summed E-state index contributed by atoms with van der Waals surface area (Å²) in [7, 11) is 0. The van der Waals surface area contributed by atoms with Crippen LogP contribution in [0.5, 0.6) is 0 Å². The summed E-state index contributed by atoms with van der Waals surface area (Å²) in [4.78, 5) is 38.2. The number of benzene rings is 1. The molecule has 3 heteroatoms. The van der Waals surface area contributed by atoms with Gasteiger partial charge in [0, 0.05) is 17.9 Å². The maximum absolute atomic E-state index is 13.7. The number of rotatable bonds is 15. The van der Waals surface area contributed by atoms with E-state index in [0.29, 0.717) is 18.3 Å². The third-order valence-corrected chi connectivity index (χ3v) is 8.36. The predicted octanol–water partition coefficient (Wildman–Crippen LogP) is 10.2. The van der Waals surface area contributed by atoms with Crippen molar-refractivity contribution in [3.05, 3.63) is 46.0 Å². The molecule has 226 valence electrons. The molecule has 0 N–H and O–H groups in total. The van der Waals surface area contributed by atoms with Gasteiger partial charge in [-0.3, -0.25) is 14.4 Å². The van der Waals surface area contributed by atoms with Crippen LogP contribution in [0.15, 0.2) is 18.2 Å². The summed E-state index contributed by atoms with van der Waals surface area (Å²) >= 11 is 0. The Bertz CT molecular complexity index is 997. The van der Waals surface area contributed by atoms with Crippen LogP contribution in [-0.4, -0.2) is 17.3 Å². The zero-order chi connectivity index (χ0) is 30.6. The number of Topliss-reactive ketones (excluding diaryl/α,β-unsaturated/α-hetero) is 3. The van der Waals surface area contributed by atoms with Crippen LogP contribution < -0.4 is 0 Å². The van der Waals surface area contributed by atoms with Gasteiger partial charge in [0.2, 0.25) is 0 Å². The zero-order valence-corrected chi connectivity index (χ0v) is 27.7. The first-order valence-corrected chi connectivity index (χ1v) is 16.2. The Morgan fingerprint density at radius 3 is 2.15 bits per heavy atom. The second-order valence-corrected chi connectivity index (χ2v) is 13.2. The van der Waals surface area contributed by atoms with E-state index in [9.17, 15) is 14.4 Å². The van der Waals surface area contributed by atoms with Crippen LogP contribution in [0.1, 0.15) is 159 Å². The first-order valence-electron chi connectivity index (χ1n) is 16.2. The summed E-state index contributed by atoms with van der Waals surface area (Å²) in [6.07, 6.45) is 9.37. The van der Waals surface area contributed by atoms with Crippen molar-refractivity contribution in [1.29, 1.82) is 0 Å². The van der Waals surface area contributed by atoms with Gasteiger partial charge in [-0.25, -0.2) is 0 Å². The number of hydrogen-bond donors (Lipinski definition) is 0. The first kappa shape index (κ1) is 36.0. The van der Waals surface area contributed by atoms with E-state index in [1.54, 1.807) is 0 Å². The van der Waals surface area contributed by atoms with Gasteiger partial charge in [0.25, 0.3) is 0 Å². The molecule has 0 radical (unpaired) electrons. The fraction of sp³-hybridized carbons (Fsp3) is 0.703. The third kappa shape index (κ3) is 10.7. The van der Waals surface area contributed by atoms with Gasteiger partial charge in [0.05, 0.1) is 6.42 Å². The van der Waals surface area contributed by atoms with Gasteiger partial charge in [-0.2, -0.15) is 0 Å². The molecule has 3 unspecified atom stereocenters. The quantitative estimate of drug-likeness (QED) is 0.161. The average molecular weight is 553 g/mol. The molecule has 0 saturated carbocycles. The largest absolute Gasteiger partial charge is 0.300 e. The van der Waals surface area contributed by atoms with E-state index in [0.717, 1.165) is 62.5 Å². The lowest BCUT2D eigenvalue weighted by Crippen LogP contribution is -2.30. The van der Waals surface area contributed by atoms with Gasteiger partial charge in [0.15, 0.2) is 5.78 Å². The molecule has 0 amide bonds. The van der Waals surface area contributed by atoms with E-state index in [-0.39, 0.29) is 41.5 Å². The Morgan fingerprint density at radius 2 is 1.65 bits per heavy atom. The normalized spacial score (nSPS) is 16.3. The van der Waals surface area contributed by atoms with Crippen LogP contribution in [0, 0.1) is 30.6 Å². The Balaban J connectivity index is 0.00000254. The lowest BCUT2D eigenvalue weighted by atomic mass is 9.70. The topological polar surface area (TPSA) is 51.2 Å². The van der Waals surface area contributed by atoms with Crippen LogP contribution in [0.4, 0.5) is 0 Å². The maximum Gasteiger partial charge on any atom is 0.163 e. The molecule has 0 spiro atoms. The number of carbonyl (C=O) groups excluding carboxylic acids is 3. The summed E-state index contributed by atoms with van der Waals surface area (Å²) in [5, 5.41) is 0. The van der Waals surface area contributed by atoms with Crippen molar-refractivity contribution in [2.75, 3.05) is 0 Å². The fourth-order valence-corrected chi connectivity index (χ4v) is 6.44. The monoisotopic (exact) mass is 552 g/mol. The zero-order valence-electron chi connectivity index (χ0n) is 27.7. The summed E-state index contributed by atoms with van der Waals surface area (Å²) in [6.45, 7) is 25.4. The van der Waals surface area contributed by atoms with Crippen LogP contribution in [0.2, 0.25) is 0 Å². The molecule has 0 saturated heterocycles. The standard InChI is InChI=1S/C34H52O3.C3H8/c1-10-12-27(29(11-2)32(36)16-24(8)35)17-26-18-31-30(22(5)6)20-28(15-23(7)14-13-21(3)4)25(9)34(31)33(37)19-26;1-3-2/h20-22,26-27,29H,7,10-19H2,1-6,8-9H3;3H2,1-2H3. The first-order chi connectivity index (χ1) is 18.8. The molecule has 40 heavy (non-hydrogen) atoms. The van der Waals surface area contributed by atoms with E-state index in [2.05, 4.69) is 75.0 Å². The Hall–Kier alpha value is -2.03. The van der Waals surface area contributed by atoms with Crippen molar-refractivity contribution in [3.63, 3.8) is 0 Å². The smallest absolute Gasteiger partial charge is 0.163 e. The fourth-order valence-electron chi connectivity index (χ4n) is 6.44. The van der Waals surface area contributed by atoms with Gasteiger partial charge in [-0.15, -0.1) is 0 Å². The van der Waals surface area contributed by atoms with Crippen molar-refractivity contribution in [1.82, 2.24) is 0 Å². The minimum atomic E-state index is -0.0918. The highest BCUT2D eigenvalue weighted by Crippen LogP contribution is 2.40. The van der Waals surface area contributed by atoms with Crippen LogP contribution in [0.25, 0.3) is 0 Å². The highest BCUT2D eigenvalue weighted by atomic mass is 16.1. The Labute approximate surface area is 247 Å². The molecule has 1 aromatic carbocycles. The molecule has 0 aliphatic heterocycles. The van der Waals surface area contributed by atoms with Gasteiger partial charge < -0.3 is 0 Å². The molecule has 0 fully saturated rings. The number of allylic oxidation sites excluding steroid dienone is 1. The second-order valence-electron chi connectivity index (χ2n) is 13.2. The summed E-state index contributed by atoms with van der Waals surface area (Å²) in [5.41, 5.74) is 7.15. The summed E-state index contributed by atoms with van der Waals surface area (Å²) in [6, 6.07) is 2.35. The SMILES string of the molecule is C=C(CCC(C)C)Cc1cc(C(C)C)c2c(c1C)C(=O)CC(CC(CCC)C(CC)C(=O)CC(C)=O)C2.CCC. The molecule has 1 aliphatic carbocycles. The van der Waals surface area contributed by atoms with E-state index < -0.39 is 0 Å². The van der Waals surface area contributed by atoms with Crippen LogP contribution in [-0.2, 0) is 22.4 Å². The van der Waals surface area contributed by atoms with Gasteiger partial charge >= 0.3 is 0 Å². The molecule has 3 atom stereocenters.